The number of aromatic nitrogens is 1. The molecule has 2 aromatic heterocycles. The molecule has 0 radical (unpaired) electrons. The molecule has 0 fully saturated rings. The Morgan fingerprint density at radius 3 is 2.66 bits per heavy atom. The van der Waals surface area contributed by atoms with Crippen LogP contribution in [0.15, 0.2) is 86.1 Å². The summed E-state index contributed by atoms with van der Waals surface area (Å²) in [5, 5.41) is 11.6. The highest BCUT2D eigenvalue weighted by atomic mass is 32.1. The quantitative estimate of drug-likeness (QED) is 0.209. The molecule has 38 heavy (non-hydrogen) atoms. The number of aryl methyl sites for hydroxylation is 1. The second-order valence-electron chi connectivity index (χ2n) is 8.69. The monoisotopic (exact) mass is 529 g/mol. The zero-order valence-corrected chi connectivity index (χ0v) is 21.7. The first kappa shape index (κ1) is 25.1. The molecule has 1 aliphatic rings. The maximum Gasteiger partial charge on any atom is 0.338 e. The van der Waals surface area contributed by atoms with Crippen LogP contribution in [-0.2, 0) is 9.53 Å². The molecule has 0 saturated carbocycles. The lowest BCUT2D eigenvalue weighted by molar-refractivity contribution is -0.384. The van der Waals surface area contributed by atoms with Crippen LogP contribution < -0.4 is 14.9 Å². The molecular weight excluding hydrogens is 506 g/mol. The highest BCUT2D eigenvalue weighted by molar-refractivity contribution is 7.07. The van der Waals surface area contributed by atoms with Crippen LogP contribution in [0.3, 0.4) is 0 Å². The van der Waals surface area contributed by atoms with Gasteiger partial charge in [-0.15, -0.1) is 0 Å². The van der Waals surface area contributed by atoms with E-state index in [1.165, 1.54) is 22.0 Å². The zero-order valence-electron chi connectivity index (χ0n) is 20.8. The van der Waals surface area contributed by atoms with Crippen molar-refractivity contribution in [2.45, 2.75) is 26.8 Å². The number of benzene rings is 2. The Labute approximate surface area is 220 Å². The van der Waals surface area contributed by atoms with E-state index in [1.54, 1.807) is 51.1 Å². The van der Waals surface area contributed by atoms with Gasteiger partial charge in [0.1, 0.15) is 11.5 Å². The predicted octanol–water partition coefficient (Wildman–Crippen LogP) is 4.27. The number of carbonyl (C=O) groups is 1. The van der Waals surface area contributed by atoms with Crippen molar-refractivity contribution in [3.63, 3.8) is 0 Å². The van der Waals surface area contributed by atoms with Gasteiger partial charge in [-0.05, 0) is 50.1 Å². The fourth-order valence-electron chi connectivity index (χ4n) is 4.45. The summed E-state index contributed by atoms with van der Waals surface area (Å²) in [6.45, 7) is 5.43. The molecule has 3 heterocycles. The summed E-state index contributed by atoms with van der Waals surface area (Å²) in [5.41, 5.74) is 2.26. The summed E-state index contributed by atoms with van der Waals surface area (Å²) in [5.74, 6) is 0.156. The van der Waals surface area contributed by atoms with Crippen LogP contribution in [-0.4, -0.2) is 22.1 Å². The van der Waals surface area contributed by atoms with Crippen LogP contribution in [0.2, 0.25) is 0 Å². The normalized spacial score (nSPS) is 15.2. The first-order chi connectivity index (χ1) is 18.3. The minimum Gasteiger partial charge on any atom is -0.463 e. The maximum absolute atomic E-state index is 13.7. The lowest BCUT2D eigenvalue weighted by atomic mass is 9.96. The number of allylic oxidation sites excluding steroid dienone is 1. The van der Waals surface area contributed by atoms with Crippen LogP contribution in [0.25, 0.3) is 17.4 Å². The molecule has 1 atom stereocenters. The van der Waals surface area contributed by atoms with Gasteiger partial charge in [0.25, 0.3) is 11.2 Å². The lowest BCUT2D eigenvalue weighted by Crippen LogP contribution is -2.39. The molecule has 0 amide bonds. The summed E-state index contributed by atoms with van der Waals surface area (Å²) < 4.78 is 13.0. The number of carbonyl (C=O) groups excluding carboxylic acids is 1. The number of fused-ring (bicyclic) bond motifs is 1. The Kier molecular flexibility index (Phi) is 6.64. The Hall–Kier alpha value is -4.57. The molecule has 0 spiro atoms. The van der Waals surface area contributed by atoms with E-state index in [0.717, 1.165) is 11.1 Å². The van der Waals surface area contributed by atoms with E-state index in [4.69, 9.17) is 9.15 Å². The molecule has 5 rings (SSSR count). The lowest BCUT2D eigenvalue weighted by Gasteiger charge is -2.24. The Bertz CT molecular complexity index is 1780. The van der Waals surface area contributed by atoms with Crippen molar-refractivity contribution < 1.29 is 18.9 Å². The van der Waals surface area contributed by atoms with E-state index in [0.29, 0.717) is 37.7 Å². The highest BCUT2D eigenvalue weighted by Crippen LogP contribution is 2.33. The fourth-order valence-corrected chi connectivity index (χ4v) is 5.47. The molecule has 0 aliphatic carbocycles. The highest BCUT2D eigenvalue weighted by Gasteiger charge is 2.33. The second kappa shape index (κ2) is 10.1. The average Bonchev–Trinajstić information content (AvgIpc) is 3.48. The van der Waals surface area contributed by atoms with Gasteiger partial charge >= 0.3 is 5.97 Å². The van der Waals surface area contributed by atoms with Gasteiger partial charge in [0, 0.05) is 12.1 Å². The minimum atomic E-state index is -0.698. The number of nitrogens with zero attached hydrogens (tertiary/aromatic N) is 3. The van der Waals surface area contributed by atoms with Gasteiger partial charge in [0.05, 0.1) is 38.9 Å². The number of esters is 1. The van der Waals surface area contributed by atoms with Crippen molar-refractivity contribution in [2.75, 3.05) is 6.61 Å². The van der Waals surface area contributed by atoms with Crippen LogP contribution in [0.1, 0.15) is 36.8 Å². The van der Waals surface area contributed by atoms with Gasteiger partial charge in [-0.1, -0.05) is 47.7 Å². The Morgan fingerprint density at radius 2 is 1.95 bits per heavy atom. The maximum atomic E-state index is 13.7. The van der Waals surface area contributed by atoms with Crippen molar-refractivity contribution in [1.82, 2.24) is 4.57 Å². The molecule has 0 N–H and O–H groups in total. The Morgan fingerprint density at radius 1 is 1.18 bits per heavy atom. The third-order valence-electron chi connectivity index (χ3n) is 6.15. The fraction of sp³-hybridized carbons (Fsp3) is 0.179. The van der Waals surface area contributed by atoms with Gasteiger partial charge in [-0.25, -0.2) is 9.79 Å². The third-order valence-corrected chi connectivity index (χ3v) is 7.13. The van der Waals surface area contributed by atoms with E-state index < -0.39 is 16.9 Å². The molecule has 10 heteroatoms. The van der Waals surface area contributed by atoms with Gasteiger partial charge in [0.2, 0.25) is 0 Å². The van der Waals surface area contributed by atoms with Crippen molar-refractivity contribution in [3.8, 4) is 11.3 Å². The molecule has 2 aromatic carbocycles. The number of rotatable bonds is 6. The van der Waals surface area contributed by atoms with Crippen molar-refractivity contribution in [2.24, 2.45) is 4.99 Å². The van der Waals surface area contributed by atoms with E-state index in [2.05, 4.69) is 4.99 Å². The molecule has 0 bridgehead atoms. The standard InChI is InChI=1S/C28H23N3O6S/c1-4-36-27(33)24-17(3)29-28-30(25(24)18-8-6-5-7-9-18)26(32)23(38-28)15-19-11-13-22(37-19)20-12-10-16(2)14-21(20)31(34)35/h5-15,25H,4H2,1-3H3/b23-15-. The molecular formula is C28H23N3O6S. The summed E-state index contributed by atoms with van der Waals surface area (Å²) >= 11 is 1.17. The predicted molar refractivity (Wildman–Crippen MR) is 142 cm³/mol. The summed E-state index contributed by atoms with van der Waals surface area (Å²) in [4.78, 5) is 42.7. The zero-order chi connectivity index (χ0) is 27.0. The number of nitro benzene ring substituents is 1. The molecule has 192 valence electrons. The minimum absolute atomic E-state index is 0.0601. The number of hydrogen-bond donors (Lipinski definition) is 0. The van der Waals surface area contributed by atoms with Crippen LogP contribution in [0, 0.1) is 17.0 Å². The number of nitro groups is 1. The number of furan rings is 1. The topological polar surface area (TPSA) is 117 Å². The molecule has 0 saturated heterocycles. The van der Waals surface area contributed by atoms with Crippen LogP contribution in [0.4, 0.5) is 5.69 Å². The second-order valence-corrected chi connectivity index (χ2v) is 9.70. The summed E-state index contributed by atoms with van der Waals surface area (Å²) in [6.07, 6.45) is 1.58. The van der Waals surface area contributed by atoms with Crippen molar-refractivity contribution in [3.05, 3.63) is 119 Å². The molecule has 4 aromatic rings. The van der Waals surface area contributed by atoms with Gasteiger partial charge < -0.3 is 9.15 Å². The first-order valence-electron chi connectivity index (χ1n) is 11.9. The first-order valence-corrected chi connectivity index (χ1v) is 12.7. The average molecular weight is 530 g/mol. The van der Waals surface area contributed by atoms with Gasteiger partial charge in [0.15, 0.2) is 4.80 Å². The number of thiazole rings is 1. The molecule has 1 unspecified atom stereocenters. The van der Waals surface area contributed by atoms with E-state index in [-0.39, 0.29) is 17.9 Å². The largest absolute Gasteiger partial charge is 0.463 e. The SMILES string of the molecule is CCOC(=O)C1=C(C)N=c2s/c(=C\c3ccc(-c4ccc(C)cc4[N+](=O)[O-])o3)c(=O)n2C1c1ccccc1. The van der Waals surface area contributed by atoms with E-state index in [9.17, 15) is 19.7 Å². The molecule has 9 nitrogen and oxygen atoms in total. The van der Waals surface area contributed by atoms with Gasteiger partial charge in [-0.3, -0.25) is 19.5 Å². The molecule has 1 aliphatic heterocycles. The number of hydrogen-bond acceptors (Lipinski definition) is 8. The van der Waals surface area contributed by atoms with Crippen molar-refractivity contribution in [1.29, 1.82) is 0 Å². The van der Waals surface area contributed by atoms with Crippen molar-refractivity contribution >= 4 is 29.1 Å². The smallest absolute Gasteiger partial charge is 0.338 e. The van der Waals surface area contributed by atoms with E-state index >= 15 is 0 Å². The van der Waals surface area contributed by atoms with E-state index in [1.807, 2.05) is 30.3 Å². The Balaban J connectivity index is 1.63. The van der Waals surface area contributed by atoms with Gasteiger partial charge in [-0.2, -0.15) is 0 Å². The van der Waals surface area contributed by atoms with Crippen LogP contribution in [0.5, 0.6) is 0 Å². The van der Waals surface area contributed by atoms with Crippen LogP contribution >= 0.6 is 11.3 Å². The third kappa shape index (κ3) is 4.50. The number of ether oxygens (including phenoxy) is 1. The summed E-state index contributed by atoms with van der Waals surface area (Å²) in [6, 6.07) is 16.8. The summed E-state index contributed by atoms with van der Waals surface area (Å²) in [7, 11) is 0.